The third kappa shape index (κ3) is 4.00. The molecule has 0 unspecified atom stereocenters. The molecule has 0 fully saturated rings. The number of nitrogens with zero attached hydrogens (tertiary/aromatic N) is 1. The van der Waals surface area contributed by atoms with Crippen molar-refractivity contribution >= 4 is 44.8 Å². The van der Waals surface area contributed by atoms with Crippen molar-refractivity contribution in [2.24, 2.45) is 0 Å². The Labute approximate surface area is 134 Å². The third-order valence-corrected chi connectivity index (χ3v) is 5.86. The first-order valence-electron chi connectivity index (χ1n) is 5.84. The molecule has 8 heteroatoms. The second-order valence-electron chi connectivity index (χ2n) is 4.14. The quantitative estimate of drug-likeness (QED) is 0.553. The summed E-state index contributed by atoms with van der Waals surface area (Å²) in [5.41, 5.74) is 0.418. The normalized spacial score (nSPS) is 12.1. The van der Waals surface area contributed by atoms with Crippen molar-refractivity contribution in [3.05, 3.63) is 27.7 Å². The molecule has 0 bridgehead atoms. The first-order chi connectivity index (χ1) is 9.36. The number of methoxy groups -OCH3 is 1. The van der Waals surface area contributed by atoms with Crippen LogP contribution in [0.25, 0.3) is 0 Å². The number of halogens is 3. The van der Waals surface area contributed by atoms with E-state index in [0.29, 0.717) is 30.2 Å². The van der Waals surface area contributed by atoms with Crippen LogP contribution in [0.4, 0.5) is 0 Å². The molecule has 4 nitrogen and oxygen atoms in total. The highest BCUT2D eigenvalue weighted by molar-refractivity contribution is 7.89. The van der Waals surface area contributed by atoms with Crippen LogP contribution >= 0.6 is 34.8 Å². The van der Waals surface area contributed by atoms with Crippen LogP contribution in [-0.4, -0.2) is 40.0 Å². The molecular weight excluding hydrogens is 345 g/mol. The molecule has 0 N–H and O–H groups in total. The lowest BCUT2D eigenvalue weighted by Crippen LogP contribution is -2.29. The van der Waals surface area contributed by atoms with E-state index in [4.69, 9.17) is 39.5 Å². The van der Waals surface area contributed by atoms with E-state index in [1.165, 1.54) is 23.5 Å². The Balaban J connectivity index is 3.10. The van der Waals surface area contributed by atoms with Gasteiger partial charge in [-0.15, -0.1) is 11.6 Å². The Morgan fingerprint density at radius 3 is 2.50 bits per heavy atom. The lowest BCUT2D eigenvalue weighted by atomic mass is 10.2. The van der Waals surface area contributed by atoms with Crippen molar-refractivity contribution in [2.45, 2.75) is 17.2 Å². The summed E-state index contributed by atoms with van der Waals surface area (Å²) in [6.45, 7) is 0.826. The molecule has 1 rings (SSSR count). The van der Waals surface area contributed by atoms with Crippen molar-refractivity contribution in [1.29, 1.82) is 0 Å². The molecule has 0 aromatic heterocycles. The third-order valence-electron chi connectivity index (χ3n) is 2.79. The number of rotatable bonds is 7. The van der Waals surface area contributed by atoms with Gasteiger partial charge in [0, 0.05) is 37.9 Å². The monoisotopic (exact) mass is 359 g/mol. The Morgan fingerprint density at radius 2 is 1.95 bits per heavy atom. The highest BCUT2D eigenvalue weighted by atomic mass is 35.5. The minimum absolute atomic E-state index is 0.0131. The number of benzene rings is 1. The molecule has 0 amide bonds. The highest BCUT2D eigenvalue weighted by Gasteiger charge is 2.25. The summed E-state index contributed by atoms with van der Waals surface area (Å²) in [6.07, 6.45) is 0.597. The number of ether oxygens (including phenoxy) is 1. The smallest absolute Gasteiger partial charge is 0.244 e. The standard InChI is InChI=1S/C12H16Cl3NO3S/c1-16(6-3-7-19-2)20(17,18)11-5-4-10(14)9(8-13)12(11)15/h4-5H,3,6-8H2,1-2H3. The van der Waals surface area contributed by atoms with Gasteiger partial charge in [0.2, 0.25) is 10.0 Å². The van der Waals surface area contributed by atoms with E-state index in [2.05, 4.69) is 0 Å². The summed E-state index contributed by atoms with van der Waals surface area (Å²) in [6, 6.07) is 2.88. The fourth-order valence-electron chi connectivity index (χ4n) is 1.62. The van der Waals surface area contributed by atoms with Gasteiger partial charge in [0.15, 0.2) is 0 Å². The van der Waals surface area contributed by atoms with Crippen LogP contribution in [-0.2, 0) is 20.6 Å². The van der Waals surface area contributed by atoms with E-state index in [0.717, 1.165) is 0 Å². The first-order valence-corrected chi connectivity index (χ1v) is 8.57. The van der Waals surface area contributed by atoms with Crippen molar-refractivity contribution in [3.8, 4) is 0 Å². The van der Waals surface area contributed by atoms with Crippen molar-refractivity contribution in [1.82, 2.24) is 4.31 Å². The largest absolute Gasteiger partial charge is 0.385 e. The topological polar surface area (TPSA) is 46.6 Å². The van der Waals surface area contributed by atoms with E-state index in [-0.39, 0.29) is 15.8 Å². The summed E-state index contributed by atoms with van der Waals surface area (Å²) >= 11 is 17.8. The zero-order valence-corrected chi connectivity index (χ0v) is 14.3. The second kappa shape index (κ2) is 7.82. The van der Waals surface area contributed by atoms with Crippen LogP contribution in [0.1, 0.15) is 12.0 Å². The molecule has 114 valence electrons. The van der Waals surface area contributed by atoms with Crippen molar-refractivity contribution in [3.63, 3.8) is 0 Å². The summed E-state index contributed by atoms with van der Waals surface area (Å²) < 4.78 is 31.0. The van der Waals surface area contributed by atoms with Gasteiger partial charge in [-0.1, -0.05) is 23.2 Å². The van der Waals surface area contributed by atoms with Crippen LogP contribution in [0.5, 0.6) is 0 Å². The molecular formula is C12H16Cl3NO3S. The Morgan fingerprint density at radius 1 is 1.30 bits per heavy atom. The second-order valence-corrected chi connectivity index (χ2v) is 7.21. The van der Waals surface area contributed by atoms with Crippen LogP contribution in [0.15, 0.2) is 17.0 Å². The van der Waals surface area contributed by atoms with Crippen LogP contribution in [0.3, 0.4) is 0 Å². The average Bonchev–Trinajstić information content (AvgIpc) is 2.39. The predicted octanol–water partition coefficient (Wildman–Crippen LogP) is 3.39. The van der Waals surface area contributed by atoms with E-state index < -0.39 is 10.0 Å². The molecule has 0 aliphatic carbocycles. The molecule has 1 aromatic carbocycles. The first kappa shape index (κ1) is 18.0. The molecule has 0 spiro atoms. The van der Waals surface area contributed by atoms with Gasteiger partial charge in [0.1, 0.15) is 4.90 Å². The zero-order valence-electron chi connectivity index (χ0n) is 11.2. The van der Waals surface area contributed by atoms with Gasteiger partial charge in [-0.2, -0.15) is 0 Å². The fraction of sp³-hybridized carbons (Fsp3) is 0.500. The van der Waals surface area contributed by atoms with E-state index in [1.54, 1.807) is 7.11 Å². The van der Waals surface area contributed by atoms with E-state index >= 15 is 0 Å². The van der Waals surface area contributed by atoms with Gasteiger partial charge in [-0.3, -0.25) is 0 Å². The highest BCUT2D eigenvalue weighted by Crippen LogP contribution is 2.33. The van der Waals surface area contributed by atoms with Crippen molar-refractivity contribution < 1.29 is 13.2 Å². The maximum atomic E-state index is 12.4. The SMILES string of the molecule is COCCCN(C)S(=O)(=O)c1ccc(Cl)c(CCl)c1Cl. The maximum absolute atomic E-state index is 12.4. The molecule has 0 aliphatic rings. The van der Waals surface area contributed by atoms with Gasteiger partial charge in [0.25, 0.3) is 0 Å². The zero-order chi connectivity index (χ0) is 15.3. The van der Waals surface area contributed by atoms with Gasteiger partial charge >= 0.3 is 0 Å². The number of alkyl halides is 1. The predicted molar refractivity (Wildman–Crippen MR) is 82.3 cm³/mol. The average molecular weight is 361 g/mol. The van der Waals surface area contributed by atoms with Gasteiger partial charge < -0.3 is 4.74 Å². The van der Waals surface area contributed by atoms with Crippen LogP contribution in [0, 0.1) is 0 Å². The minimum atomic E-state index is -3.67. The molecule has 0 aliphatic heterocycles. The molecule has 20 heavy (non-hydrogen) atoms. The van der Waals surface area contributed by atoms with Gasteiger partial charge in [0.05, 0.1) is 10.9 Å². The van der Waals surface area contributed by atoms with Gasteiger partial charge in [-0.25, -0.2) is 12.7 Å². The lowest BCUT2D eigenvalue weighted by molar-refractivity contribution is 0.189. The maximum Gasteiger partial charge on any atom is 0.244 e. The Bertz CT molecular complexity index is 563. The molecule has 0 saturated heterocycles. The molecule has 0 radical (unpaired) electrons. The Kier molecular flexibility index (Phi) is 7.04. The fourth-order valence-corrected chi connectivity index (χ4v) is 4.12. The molecule has 0 saturated carbocycles. The summed E-state index contributed by atoms with van der Waals surface area (Å²) in [4.78, 5) is 0.0131. The minimum Gasteiger partial charge on any atom is -0.385 e. The number of hydrogen-bond donors (Lipinski definition) is 0. The van der Waals surface area contributed by atoms with Crippen LogP contribution < -0.4 is 0 Å². The van der Waals surface area contributed by atoms with Gasteiger partial charge in [-0.05, 0) is 18.6 Å². The van der Waals surface area contributed by atoms with Crippen LogP contribution in [0.2, 0.25) is 10.0 Å². The summed E-state index contributed by atoms with van der Waals surface area (Å²) in [5, 5.41) is 0.428. The Hall–Kier alpha value is -0.0400. The van der Waals surface area contributed by atoms with E-state index in [1.807, 2.05) is 0 Å². The number of sulfonamides is 1. The summed E-state index contributed by atoms with van der Waals surface area (Å²) in [7, 11) is -0.608. The van der Waals surface area contributed by atoms with Crippen molar-refractivity contribution in [2.75, 3.05) is 27.3 Å². The molecule has 1 aromatic rings. The number of hydrogen-bond acceptors (Lipinski definition) is 3. The molecule has 0 atom stereocenters. The molecule has 0 heterocycles. The van der Waals surface area contributed by atoms with E-state index in [9.17, 15) is 8.42 Å². The summed E-state index contributed by atoms with van der Waals surface area (Å²) in [5.74, 6) is 0.0500. The lowest BCUT2D eigenvalue weighted by Gasteiger charge is -2.19.